The first-order valence-corrected chi connectivity index (χ1v) is 9.38. The van der Waals surface area contributed by atoms with Gasteiger partial charge >= 0.3 is 12.4 Å². The van der Waals surface area contributed by atoms with Gasteiger partial charge in [-0.25, -0.2) is 4.99 Å². The number of nitrogens with one attached hydrogen (secondary N) is 1. The van der Waals surface area contributed by atoms with E-state index in [1.54, 1.807) is 6.07 Å². The third-order valence-corrected chi connectivity index (χ3v) is 5.06. The summed E-state index contributed by atoms with van der Waals surface area (Å²) in [6.45, 7) is 1.52. The number of aliphatic imine (C=N–C) groups is 1. The standard InChI is InChI=1S/C21H16F6N2O2/c1-11(20(22,23)24)31-18-6-5-12(9-15(18)21(25,26)27)19-29-17(10-30-19)13-3-2-4-16-14(13)7-8-28-16/h3,5-6,9,11,17,28H,7-8,10H2,1H3. The van der Waals surface area contributed by atoms with Gasteiger partial charge in [-0.2, -0.15) is 26.3 Å². The van der Waals surface area contributed by atoms with Crippen LogP contribution < -0.4 is 10.1 Å². The number of alkyl halides is 6. The van der Waals surface area contributed by atoms with Gasteiger partial charge in [0.1, 0.15) is 18.4 Å². The van der Waals surface area contributed by atoms with Crippen LogP contribution >= 0.6 is 0 Å². The van der Waals surface area contributed by atoms with E-state index in [0.717, 1.165) is 35.8 Å². The van der Waals surface area contributed by atoms with Gasteiger partial charge in [-0.1, -0.05) is 6.07 Å². The lowest BCUT2D eigenvalue weighted by molar-refractivity contribution is -0.191. The Kier molecular flexibility index (Phi) is 5.15. The molecular formula is C21H16F6N2O2. The van der Waals surface area contributed by atoms with E-state index in [1.165, 1.54) is 6.07 Å². The van der Waals surface area contributed by atoms with Crippen molar-refractivity contribution in [2.45, 2.75) is 37.8 Å². The molecule has 0 bridgehead atoms. The number of benzene rings is 1. The van der Waals surface area contributed by atoms with Crippen LogP contribution in [0.25, 0.3) is 0 Å². The van der Waals surface area contributed by atoms with Crippen LogP contribution in [0.4, 0.5) is 32.0 Å². The van der Waals surface area contributed by atoms with E-state index >= 15 is 0 Å². The zero-order valence-corrected chi connectivity index (χ0v) is 16.1. The van der Waals surface area contributed by atoms with Crippen molar-refractivity contribution in [1.29, 1.82) is 0 Å². The molecule has 2 aromatic carbocycles. The van der Waals surface area contributed by atoms with Crippen LogP contribution in [0.15, 0.2) is 29.3 Å². The topological polar surface area (TPSA) is 42.8 Å². The Labute approximate surface area is 173 Å². The van der Waals surface area contributed by atoms with E-state index in [2.05, 4.69) is 27.2 Å². The average Bonchev–Trinajstić information content (AvgIpc) is 3.36. The van der Waals surface area contributed by atoms with Gasteiger partial charge in [0.2, 0.25) is 5.90 Å². The summed E-state index contributed by atoms with van der Waals surface area (Å²) in [7, 11) is 0. The molecule has 0 radical (unpaired) electrons. The fourth-order valence-corrected chi connectivity index (χ4v) is 3.46. The second-order valence-electron chi connectivity index (χ2n) is 7.17. The first-order chi connectivity index (χ1) is 14.5. The summed E-state index contributed by atoms with van der Waals surface area (Å²) in [4.78, 5) is 4.40. The lowest BCUT2D eigenvalue weighted by Crippen LogP contribution is -2.32. The predicted molar refractivity (Wildman–Crippen MR) is 99.1 cm³/mol. The van der Waals surface area contributed by atoms with Crippen molar-refractivity contribution < 1.29 is 35.8 Å². The molecule has 164 valence electrons. The molecule has 0 saturated heterocycles. The smallest absolute Gasteiger partial charge is 0.425 e. The maximum Gasteiger partial charge on any atom is 0.425 e. The summed E-state index contributed by atoms with van der Waals surface area (Å²) in [6, 6.07) is 9.90. The van der Waals surface area contributed by atoms with Crippen LogP contribution in [-0.4, -0.2) is 31.3 Å². The minimum atomic E-state index is -4.92. The van der Waals surface area contributed by atoms with Crippen LogP contribution in [0.2, 0.25) is 0 Å². The summed E-state index contributed by atoms with van der Waals surface area (Å²) in [5.41, 5.74) is 1.36. The molecule has 0 amide bonds. The van der Waals surface area contributed by atoms with Crippen LogP contribution in [-0.2, 0) is 17.3 Å². The summed E-state index contributed by atoms with van der Waals surface area (Å²) in [5, 5.41) is 3.17. The van der Waals surface area contributed by atoms with Crippen LogP contribution in [0.3, 0.4) is 0 Å². The number of rotatable bonds is 4. The summed E-state index contributed by atoms with van der Waals surface area (Å²) in [5.74, 6) is -0.924. The van der Waals surface area contributed by atoms with Crippen molar-refractivity contribution in [2.75, 3.05) is 18.5 Å². The Morgan fingerprint density at radius 2 is 2.00 bits per heavy atom. The highest BCUT2D eigenvalue weighted by molar-refractivity contribution is 5.95. The molecule has 2 heterocycles. The molecule has 0 aliphatic carbocycles. The normalized spacial score (nSPS) is 19.1. The van der Waals surface area contributed by atoms with Crippen molar-refractivity contribution in [3.63, 3.8) is 0 Å². The Bertz CT molecular complexity index is 1020. The molecule has 10 heteroatoms. The maximum absolute atomic E-state index is 13.5. The maximum atomic E-state index is 13.5. The summed E-state index contributed by atoms with van der Waals surface area (Å²) in [6.07, 6.45) is -11.4. The second-order valence-corrected chi connectivity index (χ2v) is 7.17. The van der Waals surface area contributed by atoms with E-state index in [1.807, 2.05) is 0 Å². The van der Waals surface area contributed by atoms with E-state index in [9.17, 15) is 26.3 Å². The van der Waals surface area contributed by atoms with E-state index in [4.69, 9.17) is 4.74 Å². The molecule has 0 aromatic heterocycles. The lowest BCUT2D eigenvalue weighted by atomic mass is 10.0. The highest BCUT2D eigenvalue weighted by atomic mass is 19.4. The Balaban J connectivity index is 1.64. The fraction of sp³-hybridized carbons (Fsp3) is 0.381. The molecule has 2 unspecified atom stereocenters. The van der Waals surface area contributed by atoms with Crippen LogP contribution in [0.1, 0.15) is 35.2 Å². The highest BCUT2D eigenvalue weighted by Gasteiger charge is 2.41. The molecule has 2 aromatic rings. The molecule has 4 nitrogen and oxygen atoms in total. The first kappa shape index (κ1) is 21.2. The molecule has 2 aliphatic rings. The quantitative estimate of drug-likeness (QED) is 0.669. The van der Waals surface area contributed by atoms with Gasteiger partial charge in [0.05, 0.1) is 11.3 Å². The average molecular weight is 442 g/mol. The molecule has 4 rings (SSSR count). The molecule has 31 heavy (non-hydrogen) atoms. The fourth-order valence-electron chi connectivity index (χ4n) is 3.46. The molecule has 2 aliphatic heterocycles. The van der Waals surface area contributed by atoms with Crippen molar-refractivity contribution in [1.82, 2.24) is 0 Å². The van der Waals surface area contributed by atoms with Gasteiger partial charge in [0.25, 0.3) is 0 Å². The summed E-state index contributed by atoms with van der Waals surface area (Å²) >= 11 is 0. The Morgan fingerprint density at radius 3 is 2.71 bits per heavy atom. The summed E-state index contributed by atoms with van der Waals surface area (Å²) < 4.78 is 88.8. The van der Waals surface area contributed by atoms with Gasteiger partial charge < -0.3 is 14.8 Å². The zero-order chi connectivity index (χ0) is 22.4. The van der Waals surface area contributed by atoms with E-state index in [0.29, 0.717) is 13.0 Å². The number of anilines is 1. The van der Waals surface area contributed by atoms with Crippen LogP contribution in [0.5, 0.6) is 5.75 Å². The number of halogens is 6. The monoisotopic (exact) mass is 442 g/mol. The van der Waals surface area contributed by atoms with Gasteiger partial charge in [-0.05, 0) is 54.8 Å². The van der Waals surface area contributed by atoms with Gasteiger partial charge in [0.15, 0.2) is 6.10 Å². The van der Waals surface area contributed by atoms with Gasteiger partial charge in [0, 0.05) is 12.1 Å². The van der Waals surface area contributed by atoms with Crippen molar-refractivity contribution in [2.24, 2.45) is 4.99 Å². The molecular weight excluding hydrogens is 426 g/mol. The minimum absolute atomic E-state index is 0.00285. The van der Waals surface area contributed by atoms with Gasteiger partial charge in [-0.15, -0.1) is 0 Å². The molecule has 0 fully saturated rings. The number of hydrogen-bond acceptors (Lipinski definition) is 4. The van der Waals surface area contributed by atoms with Gasteiger partial charge in [-0.3, -0.25) is 0 Å². The first-order valence-electron chi connectivity index (χ1n) is 9.38. The van der Waals surface area contributed by atoms with E-state index < -0.39 is 35.8 Å². The molecule has 0 saturated carbocycles. The third-order valence-electron chi connectivity index (χ3n) is 5.06. The zero-order valence-electron chi connectivity index (χ0n) is 16.1. The van der Waals surface area contributed by atoms with Crippen molar-refractivity contribution >= 4 is 11.6 Å². The van der Waals surface area contributed by atoms with E-state index in [-0.39, 0.29) is 18.1 Å². The number of hydrogen-bond donors (Lipinski definition) is 1. The Hall–Kier alpha value is -3.09. The minimum Gasteiger partial charge on any atom is -0.481 e. The molecule has 1 N–H and O–H groups in total. The predicted octanol–water partition coefficient (Wildman–Crippen LogP) is 5.12. The molecule has 2 atom stereocenters. The largest absolute Gasteiger partial charge is 0.481 e. The number of nitrogens with zero attached hydrogens (tertiary/aromatic N) is 1. The second kappa shape index (κ2) is 7.55. The SMILES string of the molecule is CC(Oc1ccc(C2=NC(c3cc#cc4c3CCN4)CO2)cc1C(F)(F)F)C(F)(F)F. The van der Waals surface area contributed by atoms with Crippen LogP contribution in [0, 0.1) is 12.1 Å². The highest BCUT2D eigenvalue weighted by Crippen LogP contribution is 2.39. The number of ether oxygens (including phenoxy) is 2. The Morgan fingerprint density at radius 1 is 1.23 bits per heavy atom. The van der Waals surface area contributed by atoms with Crippen molar-refractivity contribution in [3.8, 4) is 5.75 Å². The number of fused-ring (bicyclic) bond motifs is 1. The third kappa shape index (κ3) is 4.22. The van der Waals surface area contributed by atoms with Crippen molar-refractivity contribution in [3.05, 3.63) is 58.7 Å². The lowest BCUT2D eigenvalue weighted by Gasteiger charge is -2.21. The molecule has 0 spiro atoms.